The van der Waals surface area contributed by atoms with Gasteiger partial charge in [0.15, 0.2) is 0 Å². The number of nitrogens with zero attached hydrogens (tertiary/aromatic N) is 1. The molecule has 0 aliphatic heterocycles. The second-order valence-electron chi connectivity index (χ2n) is 6.35. The summed E-state index contributed by atoms with van der Waals surface area (Å²) in [5.74, 6) is 0.978. The molecular weight excluding hydrogens is 312 g/mol. The van der Waals surface area contributed by atoms with Crippen LogP contribution in [0.5, 0.6) is 11.5 Å². The number of rotatable bonds is 3. The molecular formula is C18H21ClN2O2. The lowest BCUT2D eigenvalue weighted by atomic mass is 10.1. The topological polar surface area (TPSA) is 55.6 Å². The fourth-order valence-electron chi connectivity index (χ4n) is 1.92. The predicted molar refractivity (Wildman–Crippen MR) is 94.2 cm³/mol. The van der Waals surface area contributed by atoms with Crippen LogP contribution in [0.15, 0.2) is 42.5 Å². The van der Waals surface area contributed by atoms with Crippen molar-refractivity contribution in [3.63, 3.8) is 0 Å². The molecule has 0 fully saturated rings. The molecule has 23 heavy (non-hydrogen) atoms. The van der Waals surface area contributed by atoms with Crippen LogP contribution in [0.4, 0.5) is 5.69 Å². The zero-order valence-corrected chi connectivity index (χ0v) is 14.5. The summed E-state index contributed by atoms with van der Waals surface area (Å²) in [7, 11) is 1.78. The summed E-state index contributed by atoms with van der Waals surface area (Å²) >= 11 is 6.11. The molecule has 2 aromatic carbocycles. The first-order valence-corrected chi connectivity index (χ1v) is 7.67. The molecule has 0 radical (unpaired) electrons. The highest BCUT2D eigenvalue weighted by atomic mass is 35.5. The molecule has 2 aromatic rings. The highest BCUT2D eigenvalue weighted by Gasteiger charge is 2.23. The average Bonchev–Trinajstić information content (AvgIpc) is 2.48. The van der Waals surface area contributed by atoms with Crippen molar-refractivity contribution >= 4 is 23.2 Å². The molecule has 2 rings (SSSR count). The lowest BCUT2D eigenvalue weighted by Gasteiger charge is -2.32. The molecule has 0 aliphatic carbocycles. The highest BCUT2D eigenvalue weighted by molar-refractivity contribution is 6.32. The van der Waals surface area contributed by atoms with Gasteiger partial charge in [-0.3, -0.25) is 4.79 Å². The number of hydrogen-bond donors (Lipinski definition) is 1. The van der Waals surface area contributed by atoms with Gasteiger partial charge in [-0.05, 0) is 57.2 Å². The van der Waals surface area contributed by atoms with Gasteiger partial charge in [0.2, 0.25) is 0 Å². The molecule has 0 spiro atoms. The van der Waals surface area contributed by atoms with Gasteiger partial charge >= 0.3 is 0 Å². The van der Waals surface area contributed by atoms with Gasteiger partial charge in [-0.2, -0.15) is 0 Å². The summed E-state index contributed by atoms with van der Waals surface area (Å²) in [5.41, 5.74) is 6.54. The average molecular weight is 333 g/mol. The minimum absolute atomic E-state index is 0.0636. The second-order valence-corrected chi connectivity index (χ2v) is 6.76. The highest BCUT2D eigenvalue weighted by Crippen LogP contribution is 2.31. The van der Waals surface area contributed by atoms with Gasteiger partial charge in [-0.25, -0.2) is 0 Å². The Morgan fingerprint density at radius 3 is 2.48 bits per heavy atom. The third kappa shape index (κ3) is 4.17. The van der Waals surface area contributed by atoms with E-state index >= 15 is 0 Å². The first-order chi connectivity index (χ1) is 10.7. The maximum atomic E-state index is 12.5. The van der Waals surface area contributed by atoms with Crippen LogP contribution in [0.1, 0.15) is 31.1 Å². The second kappa shape index (κ2) is 6.50. The van der Waals surface area contributed by atoms with E-state index in [1.54, 1.807) is 54.4 Å². The summed E-state index contributed by atoms with van der Waals surface area (Å²) in [4.78, 5) is 14.2. The fraction of sp³-hybridized carbons (Fsp3) is 0.278. The van der Waals surface area contributed by atoms with Crippen molar-refractivity contribution in [1.82, 2.24) is 4.90 Å². The molecule has 4 nitrogen and oxygen atoms in total. The molecule has 0 saturated carbocycles. The molecule has 0 aliphatic rings. The number of halogens is 1. The van der Waals surface area contributed by atoms with E-state index in [-0.39, 0.29) is 11.4 Å². The van der Waals surface area contributed by atoms with Crippen molar-refractivity contribution < 1.29 is 9.53 Å². The standard InChI is InChI=1S/C18H21ClN2O2/c1-18(2,3)21(4)17(22)12-6-5-7-14(10-12)23-16-9-8-13(20)11-15(16)19/h5-11H,20H2,1-4H3. The minimum atomic E-state index is -0.256. The number of amides is 1. The largest absolute Gasteiger partial charge is 0.456 e. The first kappa shape index (κ1) is 17.2. The van der Waals surface area contributed by atoms with Crippen molar-refractivity contribution in [2.24, 2.45) is 0 Å². The summed E-state index contributed by atoms with van der Waals surface area (Å²) in [5, 5.41) is 0.425. The van der Waals surface area contributed by atoms with E-state index in [0.717, 1.165) is 0 Å². The van der Waals surface area contributed by atoms with Gasteiger partial charge in [0.1, 0.15) is 11.5 Å². The van der Waals surface area contributed by atoms with E-state index < -0.39 is 0 Å². The monoisotopic (exact) mass is 332 g/mol. The molecule has 0 aromatic heterocycles. The van der Waals surface area contributed by atoms with Crippen LogP contribution in [0.3, 0.4) is 0 Å². The van der Waals surface area contributed by atoms with Crippen LogP contribution >= 0.6 is 11.6 Å². The van der Waals surface area contributed by atoms with Crippen molar-refractivity contribution in [2.45, 2.75) is 26.3 Å². The summed E-state index contributed by atoms with van der Waals surface area (Å²) < 4.78 is 5.76. The molecule has 1 amide bonds. The Morgan fingerprint density at radius 2 is 1.87 bits per heavy atom. The van der Waals surface area contributed by atoms with Gasteiger partial charge in [0.05, 0.1) is 5.02 Å². The Hall–Kier alpha value is -2.20. The quantitative estimate of drug-likeness (QED) is 0.837. The fourth-order valence-corrected chi connectivity index (χ4v) is 2.15. The molecule has 0 heterocycles. The van der Waals surface area contributed by atoms with Crippen LogP contribution < -0.4 is 10.5 Å². The molecule has 0 saturated heterocycles. The Morgan fingerprint density at radius 1 is 1.17 bits per heavy atom. The van der Waals surface area contributed by atoms with Crippen LogP contribution in [-0.4, -0.2) is 23.4 Å². The SMILES string of the molecule is CN(C(=O)c1cccc(Oc2ccc(N)cc2Cl)c1)C(C)(C)C. The Labute approximate surface area is 141 Å². The molecule has 0 unspecified atom stereocenters. The third-order valence-electron chi connectivity index (χ3n) is 3.58. The molecule has 0 atom stereocenters. The van der Waals surface area contributed by atoms with Gasteiger partial charge in [-0.1, -0.05) is 17.7 Å². The third-order valence-corrected chi connectivity index (χ3v) is 3.87. The number of benzene rings is 2. The minimum Gasteiger partial charge on any atom is -0.456 e. The van der Waals surface area contributed by atoms with Gasteiger partial charge in [0.25, 0.3) is 5.91 Å². The van der Waals surface area contributed by atoms with Gasteiger partial charge in [-0.15, -0.1) is 0 Å². The number of ether oxygens (including phenoxy) is 1. The smallest absolute Gasteiger partial charge is 0.254 e. The zero-order chi connectivity index (χ0) is 17.2. The van der Waals surface area contributed by atoms with Crippen LogP contribution in [0.2, 0.25) is 5.02 Å². The lowest BCUT2D eigenvalue weighted by Crippen LogP contribution is -2.42. The molecule has 5 heteroatoms. The van der Waals surface area contributed by atoms with Gasteiger partial charge < -0.3 is 15.4 Å². The number of nitrogens with two attached hydrogens (primary N) is 1. The van der Waals surface area contributed by atoms with E-state index in [2.05, 4.69) is 0 Å². The summed E-state index contributed by atoms with van der Waals surface area (Å²) in [6.45, 7) is 5.96. The van der Waals surface area contributed by atoms with Crippen LogP contribution in [-0.2, 0) is 0 Å². The number of carbonyl (C=O) groups excluding carboxylic acids is 1. The summed E-state index contributed by atoms with van der Waals surface area (Å²) in [6.07, 6.45) is 0. The predicted octanol–water partition coefficient (Wildman–Crippen LogP) is 4.59. The zero-order valence-electron chi connectivity index (χ0n) is 13.8. The first-order valence-electron chi connectivity index (χ1n) is 7.29. The lowest BCUT2D eigenvalue weighted by molar-refractivity contribution is 0.0655. The van der Waals surface area contributed by atoms with E-state index in [1.165, 1.54) is 0 Å². The number of hydrogen-bond acceptors (Lipinski definition) is 3. The van der Waals surface area contributed by atoms with E-state index in [9.17, 15) is 4.79 Å². The number of carbonyl (C=O) groups is 1. The maximum absolute atomic E-state index is 12.5. The number of anilines is 1. The Bertz CT molecular complexity index is 723. The number of nitrogen functional groups attached to an aromatic ring is 1. The van der Waals surface area contributed by atoms with Crippen LogP contribution in [0, 0.1) is 0 Å². The molecule has 0 bridgehead atoms. The van der Waals surface area contributed by atoms with Crippen molar-refractivity contribution in [1.29, 1.82) is 0 Å². The normalized spacial score (nSPS) is 11.2. The maximum Gasteiger partial charge on any atom is 0.254 e. The van der Waals surface area contributed by atoms with Gasteiger partial charge in [0, 0.05) is 23.8 Å². The van der Waals surface area contributed by atoms with E-state index in [4.69, 9.17) is 22.1 Å². The van der Waals surface area contributed by atoms with E-state index in [1.807, 2.05) is 20.8 Å². The Kier molecular flexibility index (Phi) is 4.85. The van der Waals surface area contributed by atoms with Crippen molar-refractivity contribution in [3.05, 3.63) is 53.1 Å². The molecule has 122 valence electrons. The Balaban J connectivity index is 2.25. The van der Waals surface area contributed by atoms with E-state index in [0.29, 0.717) is 27.8 Å². The summed E-state index contributed by atoms with van der Waals surface area (Å²) in [6, 6.07) is 12.1. The van der Waals surface area contributed by atoms with Crippen LogP contribution in [0.25, 0.3) is 0 Å². The molecule has 2 N–H and O–H groups in total. The van der Waals surface area contributed by atoms with Crippen molar-refractivity contribution in [3.8, 4) is 11.5 Å². The van der Waals surface area contributed by atoms with Crippen molar-refractivity contribution in [2.75, 3.05) is 12.8 Å².